The molecule has 2 nitrogen and oxygen atoms in total. The Labute approximate surface area is 123 Å². The van der Waals surface area contributed by atoms with Gasteiger partial charge in [0, 0.05) is 8.59 Å². The summed E-state index contributed by atoms with van der Waals surface area (Å²) in [6.07, 6.45) is 0. The van der Waals surface area contributed by atoms with E-state index in [-0.39, 0.29) is 0 Å². The first-order chi connectivity index (χ1) is 8.06. The number of benzene rings is 2. The number of hydrogen-bond donors (Lipinski definition) is 2. The van der Waals surface area contributed by atoms with Crippen LogP contribution in [0.1, 0.15) is 0 Å². The van der Waals surface area contributed by atoms with E-state index in [1.807, 2.05) is 18.2 Å². The fourth-order valence-electron chi connectivity index (χ4n) is 1.37. The van der Waals surface area contributed by atoms with E-state index in [4.69, 9.17) is 28.9 Å². The number of hydrogen-bond acceptors (Lipinski definition) is 2. The van der Waals surface area contributed by atoms with E-state index in [0.717, 1.165) is 14.9 Å². The Morgan fingerprint density at radius 1 is 1.00 bits per heavy atom. The number of nitrogen functional groups attached to an aromatic ring is 1. The first-order valence-corrected chi connectivity index (χ1v) is 6.67. The van der Waals surface area contributed by atoms with Gasteiger partial charge < -0.3 is 11.1 Å². The zero-order valence-electron chi connectivity index (χ0n) is 8.68. The Balaban J connectivity index is 2.34. The molecule has 0 unspecified atom stereocenters. The quantitative estimate of drug-likeness (QED) is 0.574. The molecule has 2 aromatic rings. The van der Waals surface area contributed by atoms with Gasteiger partial charge in [0.15, 0.2) is 0 Å². The van der Waals surface area contributed by atoms with Crippen LogP contribution in [0.2, 0.25) is 10.0 Å². The zero-order chi connectivity index (χ0) is 12.4. The number of nitrogens with two attached hydrogens (primary N) is 1. The molecule has 0 radical (unpaired) electrons. The number of rotatable bonds is 2. The van der Waals surface area contributed by atoms with Crippen molar-refractivity contribution < 1.29 is 0 Å². The average molecular weight is 379 g/mol. The molecule has 88 valence electrons. The van der Waals surface area contributed by atoms with Gasteiger partial charge in [0.25, 0.3) is 0 Å². The predicted octanol–water partition coefficient (Wildman–Crippen LogP) is 4.92. The van der Waals surface area contributed by atoms with Crippen LogP contribution < -0.4 is 11.1 Å². The Kier molecular flexibility index (Phi) is 4.01. The summed E-state index contributed by atoms with van der Waals surface area (Å²) in [5.41, 5.74) is 8.04. The van der Waals surface area contributed by atoms with Crippen molar-refractivity contribution in [3.63, 3.8) is 0 Å². The van der Waals surface area contributed by atoms with E-state index in [9.17, 15) is 0 Å². The lowest BCUT2D eigenvalue weighted by Crippen LogP contribution is -1.96. The Bertz CT molecular complexity index is 558. The zero-order valence-corrected chi connectivity index (χ0v) is 12.3. The first-order valence-electron chi connectivity index (χ1n) is 4.83. The third-order valence-corrected chi connectivity index (χ3v) is 3.43. The number of halogens is 3. The van der Waals surface area contributed by atoms with Crippen LogP contribution in [-0.4, -0.2) is 0 Å². The van der Waals surface area contributed by atoms with E-state index in [0.29, 0.717) is 15.7 Å². The second-order valence-corrected chi connectivity index (χ2v) is 5.57. The van der Waals surface area contributed by atoms with Gasteiger partial charge in [0.1, 0.15) is 0 Å². The summed E-state index contributed by atoms with van der Waals surface area (Å²) in [7, 11) is 0. The summed E-state index contributed by atoms with van der Waals surface area (Å²) >= 11 is 14.3. The second kappa shape index (κ2) is 5.33. The minimum Gasteiger partial charge on any atom is -0.397 e. The highest BCUT2D eigenvalue weighted by Gasteiger charge is 2.04. The molecule has 0 atom stereocenters. The highest BCUT2D eigenvalue weighted by atomic mass is 127. The molecule has 0 heterocycles. The number of anilines is 3. The topological polar surface area (TPSA) is 38.0 Å². The molecule has 0 saturated heterocycles. The molecule has 0 amide bonds. The van der Waals surface area contributed by atoms with Crippen molar-refractivity contribution >= 4 is 62.9 Å². The summed E-state index contributed by atoms with van der Waals surface area (Å²) in [5, 5.41) is 4.44. The smallest absolute Gasteiger partial charge is 0.0651 e. The molecule has 2 rings (SSSR count). The minimum absolute atomic E-state index is 0.628. The first kappa shape index (κ1) is 12.8. The molecule has 0 saturated carbocycles. The fraction of sp³-hybridized carbons (Fsp3) is 0. The van der Waals surface area contributed by atoms with E-state index in [1.165, 1.54) is 0 Å². The van der Waals surface area contributed by atoms with Crippen LogP contribution in [0.25, 0.3) is 0 Å². The lowest BCUT2D eigenvalue weighted by molar-refractivity contribution is 1.53. The number of nitrogens with one attached hydrogen (secondary N) is 1. The fourth-order valence-corrected chi connectivity index (χ4v) is 2.45. The standard InChI is InChI=1S/C12H9Cl2IN2/c13-7-1-3-10(16)12(5-7)17-11-4-2-8(15)6-9(11)14/h1-6,17H,16H2. The molecule has 0 aliphatic carbocycles. The average Bonchev–Trinajstić information content (AvgIpc) is 2.27. The lowest BCUT2D eigenvalue weighted by atomic mass is 10.2. The SMILES string of the molecule is Nc1ccc(Cl)cc1Nc1ccc(I)cc1Cl. The molecule has 0 bridgehead atoms. The third kappa shape index (κ3) is 3.18. The van der Waals surface area contributed by atoms with E-state index < -0.39 is 0 Å². The second-order valence-electron chi connectivity index (χ2n) is 3.48. The van der Waals surface area contributed by atoms with Gasteiger partial charge in [-0.2, -0.15) is 0 Å². The van der Waals surface area contributed by atoms with Crippen LogP contribution in [0.5, 0.6) is 0 Å². The van der Waals surface area contributed by atoms with Gasteiger partial charge in [-0.25, -0.2) is 0 Å². The summed E-state index contributed by atoms with van der Waals surface area (Å²) in [5.74, 6) is 0. The van der Waals surface area contributed by atoms with Crippen LogP contribution in [0.3, 0.4) is 0 Å². The van der Waals surface area contributed by atoms with Crippen molar-refractivity contribution in [3.05, 3.63) is 50.0 Å². The van der Waals surface area contributed by atoms with Gasteiger partial charge in [-0.15, -0.1) is 0 Å². The highest BCUT2D eigenvalue weighted by Crippen LogP contribution is 2.31. The van der Waals surface area contributed by atoms with Gasteiger partial charge in [-0.05, 0) is 59.0 Å². The van der Waals surface area contributed by atoms with E-state index in [2.05, 4.69) is 27.9 Å². The Morgan fingerprint density at radius 2 is 1.76 bits per heavy atom. The molecule has 2 aromatic carbocycles. The molecule has 17 heavy (non-hydrogen) atoms. The molecule has 0 aliphatic heterocycles. The highest BCUT2D eigenvalue weighted by molar-refractivity contribution is 14.1. The van der Waals surface area contributed by atoms with Crippen molar-refractivity contribution in [2.75, 3.05) is 11.1 Å². The summed E-state index contributed by atoms with van der Waals surface area (Å²) in [6.45, 7) is 0. The van der Waals surface area contributed by atoms with E-state index >= 15 is 0 Å². The van der Waals surface area contributed by atoms with Gasteiger partial charge in [0.2, 0.25) is 0 Å². The Hall–Kier alpha value is -0.650. The van der Waals surface area contributed by atoms with Gasteiger partial charge in [0.05, 0.1) is 22.1 Å². The molecule has 0 fully saturated rings. The summed E-state index contributed by atoms with van der Waals surface area (Å²) in [4.78, 5) is 0. The van der Waals surface area contributed by atoms with E-state index in [1.54, 1.807) is 18.2 Å². The Morgan fingerprint density at radius 3 is 2.47 bits per heavy atom. The summed E-state index contributed by atoms with van der Waals surface area (Å²) < 4.78 is 1.08. The normalized spacial score (nSPS) is 10.3. The molecular weight excluding hydrogens is 370 g/mol. The molecule has 3 N–H and O–H groups in total. The predicted molar refractivity (Wildman–Crippen MR) is 83.3 cm³/mol. The van der Waals surface area contributed by atoms with Crippen LogP contribution in [-0.2, 0) is 0 Å². The molecule has 0 aliphatic rings. The van der Waals surface area contributed by atoms with Gasteiger partial charge >= 0.3 is 0 Å². The maximum absolute atomic E-state index is 6.13. The van der Waals surface area contributed by atoms with Crippen LogP contribution in [0.4, 0.5) is 17.1 Å². The maximum atomic E-state index is 6.13. The molecule has 0 spiro atoms. The van der Waals surface area contributed by atoms with Gasteiger partial charge in [-0.3, -0.25) is 0 Å². The molecular formula is C12H9Cl2IN2. The third-order valence-electron chi connectivity index (χ3n) is 2.22. The van der Waals surface area contributed by atoms with Crippen LogP contribution >= 0.6 is 45.8 Å². The van der Waals surface area contributed by atoms with Gasteiger partial charge in [-0.1, -0.05) is 23.2 Å². The van der Waals surface area contributed by atoms with Crippen molar-refractivity contribution in [3.8, 4) is 0 Å². The van der Waals surface area contributed by atoms with Crippen LogP contribution in [0, 0.1) is 3.57 Å². The lowest BCUT2D eigenvalue weighted by Gasteiger charge is -2.11. The maximum Gasteiger partial charge on any atom is 0.0651 e. The minimum atomic E-state index is 0.628. The van der Waals surface area contributed by atoms with Crippen molar-refractivity contribution in [2.45, 2.75) is 0 Å². The van der Waals surface area contributed by atoms with Crippen molar-refractivity contribution in [1.82, 2.24) is 0 Å². The van der Waals surface area contributed by atoms with Crippen molar-refractivity contribution in [2.24, 2.45) is 0 Å². The summed E-state index contributed by atoms with van der Waals surface area (Å²) in [6, 6.07) is 11.0. The molecule has 0 aromatic heterocycles. The molecule has 5 heteroatoms. The van der Waals surface area contributed by atoms with Crippen molar-refractivity contribution in [1.29, 1.82) is 0 Å². The monoisotopic (exact) mass is 378 g/mol. The van der Waals surface area contributed by atoms with Crippen LogP contribution in [0.15, 0.2) is 36.4 Å². The largest absolute Gasteiger partial charge is 0.397 e.